The first kappa shape index (κ1) is 21.1. The van der Waals surface area contributed by atoms with Crippen LogP contribution in [0, 0.1) is 6.92 Å². The first-order chi connectivity index (χ1) is 14.0. The van der Waals surface area contributed by atoms with Crippen LogP contribution in [-0.2, 0) is 0 Å². The van der Waals surface area contributed by atoms with Crippen molar-refractivity contribution in [2.24, 2.45) is 0 Å². The Morgan fingerprint density at radius 2 is 1.66 bits per heavy atom. The number of methoxy groups -OCH3 is 3. The third-order valence-electron chi connectivity index (χ3n) is 4.70. The van der Waals surface area contributed by atoms with E-state index < -0.39 is 0 Å². The van der Waals surface area contributed by atoms with Crippen molar-refractivity contribution in [3.8, 4) is 17.2 Å². The molecule has 2 aromatic rings. The van der Waals surface area contributed by atoms with Crippen LogP contribution in [0.4, 0.5) is 5.69 Å². The lowest BCUT2D eigenvalue weighted by Gasteiger charge is -2.25. The van der Waals surface area contributed by atoms with E-state index in [4.69, 9.17) is 14.2 Å². The van der Waals surface area contributed by atoms with Crippen molar-refractivity contribution in [1.29, 1.82) is 0 Å². The van der Waals surface area contributed by atoms with Crippen molar-refractivity contribution in [2.45, 2.75) is 19.3 Å². The Kier molecular flexibility index (Phi) is 7.12. The zero-order valence-corrected chi connectivity index (χ0v) is 18.4. The number of aryl methyl sites for hydroxylation is 1. The molecule has 154 valence electrons. The molecular weight excluding hydrogens is 384 g/mol. The molecule has 0 saturated heterocycles. The minimum Gasteiger partial charge on any atom is -0.493 e. The van der Waals surface area contributed by atoms with Crippen molar-refractivity contribution in [2.75, 3.05) is 33.2 Å². The molecule has 3 rings (SSSR count). The van der Waals surface area contributed by atoms with Crippen LogP contribution in [0.5, 0.6) is 17.2 Å². The molecule has 29 heavy (non-hydrogen) atoms. The average Bonchev–Trinajstić information content (AvgIpc) is 2.73. The van der Waals surface area contributed by atoms with Gasteiger partial charge in [-0.15, -0.1) is 0 Å². The van der Waals surface area contributed by atoms with E-state index in [2.05, 4.69) is 54.8 Å². The summed E-state index contributed by atoms with van der Waals surface area (Å²) in [6.45, 7) is 5.14. The van der Waals surface area contributed by atoms with Gasteiger partial charge in [0.25, 0.3) is 0 Å². The fraction of sp³-hybridized carbons (Fsp3) is 0.304. The lowest BCUT2D eigenvalue weighted by atomic mass is 10.1. The first-order valence-corrected chi connectivity index (χ1v) is 10.3. The standard InChI is InChI=1S/C23H28N2O3S/c1-15-6-7-17(12-19(15)25-23-24-11-10-16(2)29-23)8-9-18-13-20(26-3)22(28-5)21(14-18)27-4/h6-10,12-14,23-25H,11H2,1-5H3/b9-8+. The molecule has 1 unspecified atom stereocenters. The highest BCUT2D eigenvalue weighted by Gasteiger charge is 2.14. The molecule has 1 aliphatic rings. The van der Waals surface area contributed by atoms with Gasteiger partial charge in [-0.2, -0.15) is 0 Å². The summed E-state index contributed by atoms with van der Waals surface area (Å²) in [6.07, 6.45) is 6.32. The number of ether oxygens (including phenoxy) is 3. The van der Waals surface area contributed by atoms with Gasteiger partial charge in [-0.05, 0) is 53.6 Å². The minimum absolute atomic E-state index is 0.174. The Morgan fingerprint density at radius 1 is 0.966 bits per heavy atom. The number of benzene rings is 2. The first-order valence-electron chi connectivity index (χ1n) is 9.46. The molecule has 1 aliphatic heterocycles. The maximum atomic E-state index is 5.44. The number of hydrogen-bond donors (Lipinski definition) is 2. The molecule has 2 N–H and O–H groups in total. The third-order valence-corrected chi connectivity index (χ3v) is 5.76. The van der Waals surface area contributed by atoms with E-state index in [1.807, 2.05) is 18.2 Å². The summed E-state index contributed by atoms with van der Waals surface area (Å²) in [5.41, 5.74) is 4.59. The number of allylic oxidation sites excluding steroid dienone is 1. The largest absolute Gasteiger partial charge is 0.493 e. The highest BCUT2D eigenvalue weighted by molar-refractivity contribution is 8.03. The normalized spacial score (nSPS) is 16.4. The number of rotatable bonds is 7. The second-order valence-electron chi connectivity index (χ2n) is 6.73. The second-order valence-corrected chi connectivity index (χ2v) is 8.08. The molecule has 0 spiro atoms. The molecule has 0 saturated carbocycles. The van der Waals surface area contributed by atoms with Gasteiger partial charge in [0.1, 0.15) is 5.50 Å². The fourth-order valence-electron chi connectivity index (χ4n) is 3.10. The van der Waals surface area contributed by atoms with Crippen LogP contribution in [0.1, 0.15) is 23.6 Å². The maximum absolute atomic E-state index is 5.44. The van der Waals surface area contributed by atoms with Gasteiger partial charge in [0.2, 0.25) is 5.75 Å². The van der Waals surface area contributed by atoms with Gasteiger partial charge in [-0.25, -0.2) is 0 Å². The second kappa shape index (κ2) is 9.76. The molecule has 1 atom stereocenters. The van der Waals surface area contributed by atoms with Crippen molar-refractivity contribution < 1.29 is 14.2 Å². The van der Waals surface area contributed by atoms with Crippen LogP contribution in [0.15, 0.2) is 41.3 Å². The van der Waals surface area contributed by atoms with Crippen LogP contribution in [0.3, 0.4) is 0 Å². The Labute approximate surface area is 177 Å². The van der Waals surface area contributed by atoms with Crippen LogP contribution in [-0.4, -0.2) is 33.4 Å². The van der Waals surface area contributed by atoms with Gasteiger partial charge in [-0.3, -0.25) is 5.32 Å². The highest BCUT2D eigenvalue weighted by Crippen LogP contribution is 2.38. The van der Waals surface area contributed by atoms with Gasteiger partial charge in [-0.1, -0.05) is 42.1 Å². The quantitative estimate of drug-likeness (QED) is 0.615. The van der Waals surface area contributed by atoms with Crippen LogP contribution >= 0.6 is 11.8 Å². The Hall–Kier alpha value is -2.57. The van der Waals surface area contributed by atoms with Gasteiger partial charge in [0.05, 0.1) is 21.3 Å². The van der Waals surface area contributed by atoms with E-state index >= 15 is 0 Å². The van der Waals surface area contributed by atoms with Crippen molar-refractivity contribution in [3.05, 3.63) is 58.0 Å². The molecule has 5 nitrogen and oxygen atoms in total. The van der Waals surface area contributed by atoms with Gasteiger partial charge < -0.3 is 19.5 Å². The summed E-state index contributed by atoms with van der Waals surface area (Å²) < 4.78 is 16.3. The van der Waals surface area contributed by atoms with Crippen molar-refractivity contribution in [3.63, 3.8) is 0 Å². The number of hydrogen-bond acceptors (Lipinski definition) is 6. The number of anilines is 1. The predicted octanol–water partition coefficient (Wildman–Crippen LogP) is 5.13. The average molecular weight is 413 g/mol. The molecule has 0 aliphatic carbocycles. The van der Waals surface area contributed by atoms with Crippen molar-refractivity contribution >= 4 is 29.6 Å². The molecule has 0 bridgehead atoms. The lowest BCUT2D eigenvalue weighted by Crippen LogP contribution is -2.35. The molecule has 0 fully saturated rings. The third kappa shape index (κ3) is 5.28. The summed E-state index contributed by atoms with van der Waals surface area (Å²) in [7, 11) is 4.85. The Morgan fingerprint density at radius 3 is 2.28 bits per heavy atom. The van der Waals surface area contributed by atoms with Gasteiger partial charge in [0.15, 0.2) is 11.5 Å². The van der Waals surface area contributed by atoms with E-state index in [0.717, 1.165) is 23.4 Å². The zero-order valence-electron chi connectivity index (χ0n) is 17.5. The number of thioether (sulfide) groups is 1. The fourth-order valence-corrected chi connectivity index (χ4v) is 4.01. The molecular formula is C23H28N2O3S. The molecule has 0 aromatic heterocycles. The summed E-state index contributed by atoms with van der Waals surface area (Å²) >= 11 is 1.80. The predicted molar refractivity (Wildman–Crippen MR) is 123 cm³/mol. The SMILES string of the molecule is COc1cc(/C=C/c2ccc(C)c(NC3NCC=C(C)S3)c2)cc(OC)c1OC. The Balaban J connectivity index is 1.81. The minimum atomic E-state index is 0.174. The van der Waals surface area contributed by atoms with E-state index in [1.165, 1.54) is 10.5 Å². The van der Waals surface area contributed by atoms with Gasteiger partial charge >= 0.3 is 0 Å². The van der Waals surface area contributed by atoms with E-state index in [9.17, 15) is 0 Å². The van der Waals surface area contributed by atoms with Gasteiger partial charge in [0, 0.05) is 12.2 Å². The maximum Gasteiger partial charge on any atom is 0.203 e. The summed E-state index contributed by atoms with van der Waals surface area (Å²) in [5, 5.41) is 7.05. The van der Waals surface area contributed by atoms with Crippen LogP contribution < -0.4 is 24.8 Å². The summed E-state index contributed by atoms with van der Waals surface area (Å²) in [6, 6.07) is 10.3. The zero-order chi connectivity index (χ0) is 20.8. The summed E-state index contributed by atoms with van der Waals surface area (Å²) in [4.78, 5) is 1.33. The van der Waals surface area contributed by atoms with Crippen LogP contribution in [0.25, 0.3) is 12.2 Å². The van der Waals surface area contributed by atoms with Crippen LogP contribution in [0.2, 0.25) is 0 Å². The van der Waals surface area contributed by atoms with E-state index in [1.54, 1.807) is 33.1 Å². The monoisotopic (exact) mass is 412 g/mol. The smallest absolute Gasteiger partial charge is 0.203 e. The molecule has 6 heteroatoms. The van der Waals surface area contributed by atoms with E-state index in [0.29, 0.717) is 17.2 Å². The molecule has 1 heterocycles. The van der Waals surface area contributed by atoms with E-state index in [-0.39, 0.29) is 5.50 Å². The van der Waals surface area contributed by atoms with Crippen molar-refractivity contribution in [1.82, 2.24) is 5.32 Å². The lowest BCUT2D eigenvalue weighted by molar-refractivity contribution is 0.324. The molecule has 0 amide bonds. The number of nitrogens with one attached hydrogen (secondary N) is 2. The molecule has 2 aromatic carbocycles. The topological polar surface area (TPSA) is 51.8 Å². The highest BCUT2D eigenvalue weighted by atomic mass is 32.2. The molecule has 0 radical (unpaired) electrons. The summed E-state index contributed by atoms with van der Waals surface area (Å²) in [5.74, 6) is 1.87. The Bertz CT molecular complexity index is 899.